The molecule has 1 aliphatic rings. The van der Waals surface area contributed by atoms with E-state index in [0.717, 1.165) is 24.8 Å². The fourth-order valence-electron chi connectivity index (χ4n) is 1.63. The maximum Gasteiger partial charge on any atom is 0.232 e. The highest BCUT2D eigenvalue weighted by molar-refractivity contribution is 9.09. The number of alkyl halides is 1. The summed E-state index contributed by atoms with van der Waals surface area (Å²) in [7, 11) is 0. The van der Waals surface area contributed by atoms with E-state index in [1.807, 2.05) is 11.2 Å². The number of likely N-dealkylation sites (tertiary alicyclic amines) is 1. The summed E-state index contributed by atoms with van der Waals surface area (Å²) in [5.74, 6) is 1.60. The minimum Gasteiger partial charge on any atom is -0.342 e. The molecule has 4 heteroatoms. The van der Waals surface area contributed by atoms with Crippen molar-refractivity contribution >= 4 is 33.6 Å². The number of hydrogen-bond acceptors (Lipinski definition) is 2. The number of rotatable bonds is 3. The van der Waals surface area contributed by atoms with E-state index >= 15 is 0 Å². The maximum atomic E-state index is 11.5. The SMILES string of the molecule is CSCC(=O)N1CCCC(CBr)C1. The number of carbonyl (C=O) groups excluding carboxylic acids is 1. The van der Waals surface area contributed by atoms with Crippen LogP contribution < -0.4 is 0 Å². The van der Waals surface area contributed by atoms with E-state index in [1.165, 1.54) is 6.42 Å². The van der Waals surface area contributed by atoms with Crippen molar-refractivity contribution in [2.45, 2.75) is 12.8 Å². The number of thioether (sulfide) groups is 1. The van der Waals surface area contributed by atoms with Crippen LogP contribution in [0.1, 0.15) is 12.8 Å². The third-order valence-corrected chi connectivity index (χ3v) is 3.81. The summed E-state index contributed by atoms with van der Waals surface area (Å²) in [4.78, 5) is 13.6. The molecule has 1 unspecified atom stereocenters. The summed E-state index contributed by atoms with van der Waals surface area (Å²) < 4.78 is 0. The first-order valence-electron chi connectivity index (χ1n) is 4.60. The zero-order valence-corrected chi connectivity index (χ0v) is 10.4. The van der Waals surface area contributed by atoms with Crippen LogP contribution in [0.15, 0.2) is 0 Å². The van der Waals surface area contributed by atoms with Crippen LogP contribution in [0.5, 0.6) is 0 Å². The molecule has 0 radical (unpaired) electrons. The van der Waals surface area contributed by atoms with E-state index in [9.17, 15) is 4.79 Å². The number of carbonyl (C=O) groups is 1. The van der Waals surface area contributed by atoms with Crippen LogP contribution in [0, 0.1) is 5.92 Å². The van der Waals surface area contributed by atoms with Gasteiger partial charge in [0.25, 0.3) is 0 Å². The number of piperidine rings is 1. The predicted molar refractivity (Wildman–Crippen MR) is 61.5 cm³/mol. The lowest BCUT2D eigenvalue weighted by atomic mass is 10.0. The Kier molecular flexibility index (Phi) is 5.17. The van der Waals surface area contributed by atoms with Gasteiger partial charge in [0.1, 0.15) is 0 Å². The molecule has 0 aromatic heterocycles. The molecule has 0 aromatic carbocycles. The Morgan fingerprint density at radius 3 is 3.08 bits per heavy atom. The maximum absolute atomic E-state index is 11.5. The minimum atomic E-state index is 0.304. The van der Waals surface area contributed by atoms with Crippen LogP contribution in [-0.4, -0.2) is 41.2 Å². The molecule has 0 saturated carbocycles. The van der Waals surface area contributed by atoms with E-state index < -0.39 is 0 Å². The first kappa shape index (κ1) is 11.4. The van der Waals surface area contributed by atoms with Gasteiger partial charge in [-0.1, -0.05) is 15.9 Å². The van der Waals surface area contributed by atoms with Crippen LogP contribution in [0.4, 0.5) is 0 Å². The van der Waals surface area contributed by atoms with Crippen molar-refractivity contribution in [1.29, 1.82) is 0 Å². The molecule has 1 rings (SSSR count). The summed E-state index contributed by atoms with van der Waals surface area (Å²) in [6.45, 7) is 1.91. The molecule has 1 amide bonds. The highest BCUT2D eigenvalue weighted by Crippen LogP contribution is 2.18. The Bertz CT molecular complexity index is 177. The van der Waals surface area contributed by atoms with E-state index in [1.54, 1.807) is 11.8 Å². The molecule has 0 spiro atoms. The number of nitrogens with zero attached hydrogens (tertiary/aromatic N) is 1. The molecular weight excluding hydrogens is 250 g/mol. The monoisotopic (exact) mass is 265 g/mol. The highest BCUT2D eigenvalue weighted by atomic mass is 79.9. The highest BCUT2D eigenvalue weighted by Gasteiger charge is 2.21. The molecule has 0 bridgehead atoms. The Balaban J connectivity index is 2.37. The van der Waals surface area contributed by atoms with Gasteiger partial charge in [0.2, 0.25) is 5.91 Å². The van der Waals surface area contributed by atoms with Gasteiger partial charge >= 0.3 is 0 Å². The first-order valence-corrected chi connectivity index (χ1v) is 7.12. The van der Waals surface area contributed by atoms with Gasteiger partial charge < -0.3 is 4.90 Å². The topological polar surface area (TPSA) is 20.3 Å². The third-order valence-electron chi connectivity index (χ3n) is 2.36. The van der Waals surface area contributed by atoms with Gasteiger partial charge in [0.15, 0.2) is 0 Å². The molecule has 1 saturated heterocycles. The summed E-state index contributed by atoms with van der Waals surface area (Å²) >= 11 is 5.09. The first-order chi connectivity index (χ1) is 6.27. The number of halogens is 1. The second-order valence-corrected chi connectivity index (χ2v) is 4.95. The van der Waals surface area contributed by atoms with Crippen molar-refractivity contribution < 1.29 is 4.79 Å². The van der Waals surface area contributed by atoms with Crippen molar-refractivity contribution in [3.8, 4) is 0 Å². The largest absolute Gasteiger partial charge is 0.342 e. The molecular formula is C9H16BrNOS. The lowest BCUT2D eigenvalue weighted by Gasteiger charge is -2.31. The number of hydrogen-bond donors (Lipinski definition) is 0. The molecule has 1 heterocycles. The summed E-state index contributed by atoms with van der Waals surface area (Å²) in [6, 6.07) is 0. The van der Waals surface area contributed by atoms with Gasteiger partial charge in [0.05, 0.1) is 5.75 Å². The van der Waals surface area contributed by atoms with E-state index in [4.69, 9.17) is 0 Å². The van der Waals surface area contributed by atoms with Crippen molar-refractivity contribution in [1.82, 2.24) is 4.90 Å². The normalized spacial score (nSPS) is 23.2. The molecule has 0 aliphatic carbocycles. The predicted octanol–water partition coefficient (Wildman–Crippen LogP) is 1.98. The lowest BCUT2D eigenvalue weighted by molar-refractivity contribution is -0.129. The van der Waals surface area contributed by atoms with Crippen LogP contribution in [0.25, 0.3) is 0 Å². The van der Waals surface area contributed by atoms with Gasteiger partial charge in [-0.25, -0.2) is 0 Å². The van der Waals surface area contributed by atoms with Gasteiger partial charge in [-0.15, -0.1) is 0 Å². The summed E-state index contributed by atoms with van der Waals surface area (Å²) in [5.41, 5.74) is 0. The quantitative estimate of drug-likeness (QED) is 0.728. The van der Waals surface area contributed by atoms with Crippen LogP contribution in [0.2, 0.25) is 0 Å². The Labute approximate surface area is 92.6 Å². The minimum absolute atomic E-state index is 0.304. The molecule has 1 atom stereocenters. The van der Waals surface area contributed by atoms with E-state index in [-0.39, 0.29) is 0 Å². The van der Waals surface area contributed by atoms with Crippen LogP contribution in [-0.2, 0) is 4.79 Å². The van der Waals surface area contributed by atoms with Gasteiger partial charge in [0, 0.05) is 18.4 Å². The molecule has 76 valence electrons. The van der Waals surface area contributed by atoms with Crippen LogP contribution in [0.3, 0.4) is 0 Å². The van der Waals surface area contributed by atoms with Gasteiger partial charge in [-0.3, -0.25) is 4.79 Å². The fraction of sp³-hybridized carbons (Fsp3) is 0.889. The van der Waals surface area contributed by atoms with Gasteiger partial charge in [-0.2, -0.15) is 11.8 Å². The molecule has 0 aromatic rings. The fourth-order valence-corrected chi connectivity index (χ4v) is 2.59. The third kappa shape index (κ3) is 3.50. The Morgan fingerprint density at radius 2 is 2.46 bits per heavy atom. The smallest absolute Gasteiger partial charge is 0.232 e. The molecule has 0 N–H and O–H groups in total. The standard InChI is InChI=1S/C9H16BrNOS/c1-13-7-9(12)11-4-2-3-8(5-10)6-11/h8H,2-7H2,1H3. The Morgan fingerprint density at radius 1 is 1.69 bits per heavy atom. The average molecular weight is 266 g/mol. The zero-order valence-electron chi connectivity index (χ0n) is 7.96. The molecule has 13 heavy (non-hydrogen) atoms. The van der Waals surface area contributed by atoms with Gasteiger partial charge in [-0.05, 0) is 25.0 Å². The summed E-state index contributed by atoms with van der Waals surface area (Å²) in [6.07, 6.45) is 4.40. The van der Waals surface area contributed by atoms with Crippen LogP contribution >= 0.6 is 27.7 Å². The van der Waals surface area contributed by atoms with Crippen molar-refractivity contribution in [2.24, 2.45) is 5.92 Å². The summed E-state index contributed by atoms with van der Waals surface area (Å²) in [5, 5.41) is 1.02. The molecule has 2 nitrogen and oxygen atoms in total. The van der Waals surface area contributed by atoms with E-state index in [2.05, 4.69) is 15.9 Å². The lowest BCUT2D eigenvalue weighted by Crippen LogP contribution is -2.41. The number of amides is 1. The van der Waals surface area contributed by atoms with Crippen molar-refractivity contribution in [3.63, 3.8) is 0 Å². The van der Waals surface area contributed by atoms with E-state index in [0.29, 0.717) is 17.6 Å². The Hall–Kier alpha value is 0.300. The second-order valence-electron chi connectivity index (χ2n) is 3.44. The van der Waals surface area contributed by atoms with Crippen molar-refractivity contribution in [3.05, 3.63) is 0 Å². The second kappa shape index (κ2) is 5.91. The molecule has 1 aliphatic heterocycles. The zero-order chi connectivity index (χ0) is 9.68. The molecule has 1 fully saturated rings. The van der Waals surface area contributed by atoms with Crippen molar-refractivity contribution in [2.75, 3.05) is 30.4 Å². The average Bonchev–Trinajstić information content (AvgIpc) is 2.18.